The third-order valence-corrected chi connectivity index (χ3v) is 4.91. The quantitative estimate of drug-likeness (QED) is 0.772. The number of hydrogen-bond donors (Lipinski definition) is 1. The van der Waals surface area contributed by atoms with Crippen molar-refractivity contribution >= 4 is 16.7 Å². The normalized spacial score (nSPS) is 21.4. The molecule has 0 bridgehead atoms. The Morgan fingerprint density at radius 2 is 2.08 bits per heavy atom. The van der Waals surface area contributed by atoms with Gasteiger partial charge < -0.3 is 14.9 Å². The highest BCUT2D eigenvalue weighted by atomic mass is 16.5. The fourth-order valence-corrected chi connectivity index (χ4v) is 3.63. The molecule has 2 N–H and O–H groups in total. The van der Waals surface area contributed by atoms with Gasteiger partial charge in [0.05, 0.1) is 24.1 Å². The number of ether oxygens (including phenoxy) is 1. The standard InChI is InChI=1S/C19H23N3O2/c1-2-23-16-7-5-15(6-8-16)22-12-17(20)19(21-22)14-4-3-13-9-10-24-18(13)11-14/h3-4,9-12,15-16H,2,5-8,20H2,1H3/t15-,16-. The van der Waals surface area contributed by atoms with Crippen LogP contribution in [0.3, 0.4) is 0 Å². The highest BCUT2D eigenvalue weighted by Gasteiger charge is 2.24. The van der Waals surface area contributed by atoms with E-state index in [1.165, 1.54) is 0 Å². The molecule has 2 aromatic heterocycles. The largest absolute Gasteiger partial charge is 0.464 e. The van der Waals surface area contributed by atoms with E-state index in [4.69, 9.17) is 20.0 Å². The molecule has 4 rings (SSSR count). The summed E-state index contributed by atoms with van der Waals surface area (Å²) in [5.74, 6) is 0. The van der Waals surface area contributed by atoms with Crippen LogP contribution in [0.2, 0.25) is 0 Å². The van der Waals surface area contributed by atoms with E-state index in [-0.39, 0.29) is 0 Å². The molecule has 0 saturated heterocycles. The van der Waals surface area contributed by atoms with Crippen molar-refractivity contribution in [2.24, 2.45) is 0 Å². The Kier molecular flexibility index (Phi) is 4.02. The Morgan fingerprint density at radius 3 is 2.88 bits per heavy atom. The summed E-state index contributed by atoms with van der Waals surface area (Å²) in [6.07, 6.45) is 8.42. The van der Waals surface area contributed by atoms with Gasteiger partial charge in [-0.3, -0.25) is 4.68 Å². The first-order valence-corrected chi connectivity index (χ1v) is 8.68. The van der Waals surface area contributed by atoms with E-state index in [1.54, 1.807) is 6.26 Å². The summed E-state index contributed by atoms with van der Waals surface area (Å²) in [5, 5.41) is 5.86. The van der Waals surface area contributed by atoms with Gasteiger partial charge in [-0.25, -0.2) is 0 Å². The zero-order chi connectivity index (χ0) is 16.5. The van der Waals surface area contributed by atoms with Crippen LogP contribution in [-0.4, -0.2) is 22.5 Å². The van der Waals surface area contributed by atoms with Gasteiger partial charge in [0, 0.05) is 23.8 Å². The molecule has 1 aromatic carbocycles. The maximum Gasteiger partial charge on any atom is 0.134 e. The van der Waals surface area contributed by atoms with Crippen LogP contribution in [-0.2, 0) is 4.74 Å². The Bertz CT molecular complexity index is 828. The molecule has 3 aromatic rings. The van der Waals surface area contributed by atoms with Crippen molar-refractivity contribution in [3.8, 4) is 11.3 Å². The molecule has 0 radical (unpaired) electrons. The van der Waals surface area contributed by atoms with Gasteiger partial charge in [-0.2, -0.15) is 5.10 Å². The van der Waals surface area contributed by atoms with Crippen LogP contribution in [0.25, 0.3) is 22.2 Å². The Hall–Kier alpha value is -2.27. The monoisotopic (exact) mass is 325 g/mol. The molecule has 0 amide bonds. The Balaban J connectivity index is 1.56. The first-order chi connectivity index (χ1) is 11.7. The topological polar surface area (TPSA) is 66.2 Å². The third-order valence-electron chi connectivity index (χ3n) is 4.91. The lowest BCUT2D eigenvalue weighted by atomic mass is 9.93. The van der Waals surface area contributed by atoms with Crippen molar-refractivity contribution in [3.63, 3.8) is 0 Å². The van der Waals surface area contributed by atoms with Gasteiger partial charge in [0.2, 0.25) is 0 Å². The van der Waals surface area contributed by atoms with Gasteiger partial charge >= 0.3 is 0 Å². The van der Waals surface area contributed by atoms with Crippen molar-refractivity contribution < 1.29 is 9.15 Å². The maximum atomic E-state index is 6.24. The SMILES string of the molecule is CCO[C@H]1CC[C@H](n2cc(N)c(-c3ccc4ccoc4c3)n2)CC1. The molecule has 1 saturated carbocycles. The average molecular weight is 325 g/mol. The number of fused-ring (bicyclic) bond motifs is 1. The van der Waals surface area contributed by atoms with E-state index < -0.39 is 0 Å². The van der Waals surface area contributed by atoms with Crippen LogP contribution >= 0.6 is 0 Å². The molecular formula is C19H23N3O2. The molecule has 126 valence electrons. The van der Waals surface area contributed by atoms with Crippen LogP contribution < -0.4 is 5.73 Å². The summed E-state index contributed by atoms with van der Waals surface area (Å²) in [5.41, 5.74) is 9.64. The van der Waals surface area contributed by atoms with Gasteiger partial charge in [-0.05, 0) is 44.7 Å². The van der Waals surface area contributed by atoms with Crippen LogP contribution in [0.1, 0.15) is 38.6 Å². The van der Waals surface area contributed by atoms with E-state index in [1.807, 2.05) is 35.1 Å². The minimum absolute atomic E-state index is 0.403. The van der Waals surface area contributed by atoms with Gasteiger partial charge in [0.15, 0.2) is 0 Å². The Morgan fingerprint density at radius 1 is 1.25 bits per heavy atom. The predicted molar refractivity (Wildman–Crippen MR) is 94.8 cm³/mol. The van der Waals surface area contributed by atoms with Crippen molar-refractivity contribution in [2.75, 3.05) is 12.3 Å². The minimum atomic E-state index is 0.403. The first-order valence-electron chi connectivity index (χ1n) is 8.68. The lowest BCUT2D eigenvalue weighted by Crippen LogP contribution is -2.24. The summed E-state index contributed by atoms with van der Waals surface area (Å²) >= 11 is 0. The highest BCUT2D eigenvalue weighted by Crippen LogP contribution is 2.33. The van der Waals surface area contributed by atoms with E-state index in [9.17, 15) is 0 Å². The molecule has 0 atom stereocenters. The molecular weight excluding hydrogens is 302 g/mol. The number of nitrogen functional groups attached to an aromatic ring is 1. The van der Waals surface area contributed by atoms with Gasteiger partial charge in [0.1, 0.15) is 11.3 Å². The van der Waals surface area contributed by atoms with Crippen molar-refractivity contribution in [3.05, 3.63) is 36.7 Å². The predicted octanol–water partition coefficient (Wildman–Crippen LogP) is 4.40. The smallest absolute Gasteiger partial charge is 0.134 e. The fraction of sp³-hybridized carbons (Fsp3) is 0.421. The number of hydrogen-bond acceptors (Lipinski definition) is 4. The number of nitrogens with zero attached hydrogens (tertiary/aromatic N) is 2. The highest BCUT2D eigenvalue weighted by molar-refractivity contribution is 5.84. The van der Waals surface area contributed by atoms with E-state index in [2.05, 4.69) is 6.92 Å². The molecule has 0 spiro atoms. The number of benzene rings is 1. The van der Waals surface area contributed by atoms with E-state index in [0.717, 1.165) is 54.5 Å². The van der Waals surface area contributed by atoms with Crippen LogP contribution in [0.4, 0.5) is 5.69 Å². The van der Waals surface area contributed by atoms with E-state index >= 15 is 0 Å². The van der Waals surface area contributed by atoms with Gasteiger partial charge in [-0.15, -0.1) is 0 Å². The molecule has 5 heteroatoms. The van der Waals surface area contributed by atoms with Crippen molar-refractivity contribution in [1.82, 2.24) is 9.78 Å². The number of rotatable bonds is 4. The molecule has 0 aliphatic heterocycles. The fourth-order valence-electron chi connectivity index (χ4n) is 3.63. The second-order valence-corrected chi connectivity index (χ2v) is 6.47. The lowest BCUT2D eigenvalue weighted by Gasteiger charge is -2.28. The average Bonchev–Trinajstić information content (AvgIpc) is 3.21. The van der Waals surface area contributed by atoms with Gasteiger partial charge in [-0.1, -0.05) is 12.1 Å². The van der Waals surface area contributed by atoms with Crippen LogP contribution in [0.15, 0.2) is 41.1 Å². The maximum absolute atomic E-state index is 6.24. The summed E-state index contributed by atoms with van der Waals surface area (Å²) in [4.78, 5) is 0. The summed E-state index contributed by atoms with van der Waals surface area (Å²) in [6.45, 7) is 2.85. The van der Waals surface area contributed by atoms with Crippen molar-refractivity contribution in [1.29, 1.82) is 0 Å². The number of nitrogens with two attached hydrogens (primary N) is 1. The number of aromatic nitrogens is 2. The number of furan rings is 1. The molecule has 1 aliphatic rings. The summed E-state index contributed by atoms with van der Waals surface area (Å²) in [6, 6.07) is 8.46. The molecule has 1 fully saturated rings. The molecule has 24 heavy (non-hydrogen) atoms. The first kappa shape index (κ1) is 15.3. The summed E-state index contributed by atoms with van der Waals surface area (Å²) in [7, 11) is 0. The zero-order valence-electron chi connectivity index (χ0n) is 13.9. The van der Waals surface area contributed by atoms with Crippen LogP contribution in [0, 0.1) is 0 Å². The van der Waals surface area contributed by atoms with Crippen LogP contribution in [0.5, 0.6) is 0 Å². The molecule has 5 nitrogen and oxygen atoms in total. The third kappa shape index (κ3) is 2.80. The van der Waals surface area contributed by atoms with Gasteiger partial charge in [0.25, 0.3) is 0 Å². The zero-order valence-corrected chi connectivity index (χ0v) is 13.9. The van der Waals surface area contributed by atoms with Crippen molar-refractivity contribution in [2.45, 2.75) is 44.8 Å². The summed E-state index contributed by atoms with van der Waals surface area (Å²) < 4.78 is 13.3. The lowest BCUT2D eigenvalue weighted by molar-refractivity contribution is 0.0260. The molecule has 1 aliphatic carbocycles. The molecule has 2 heterocycles. The Labute approximate surface area is 141 Å². The molecule has 0 unspecified atom stereocenters. The minimum Gasteiger partial charge on any atom is -0.464 e. The number of anilines is 1. The second-order valence-electron chi connectivity index (χ2n) is 6.47. The second kappa shape index (κ2) is 6.32. The van der Waals surface area contributed by atoms with E-state index in [0.29, 0.717) is 17.8 Å².